The number of nitrogens with zero attached hydrogens (tertiary/aromatic N) is 2. The zero-order valence-electron chi connectivity index (χ0n) is 20.8. The highest BCUT2D eigenvalue weighted by atomic mass is 35.5. The maximum atomic E-state index is 13.3. The third kappa shape index (κ3) is 5.11. The van der Waals surface area contributed by atoms with E-state index in [0.29, 0.717) is 41.2 Å². The second-order valence-corrected chi connectivity index (χ2v) is 12.4. The lowest BCUT2D eigenvalue weighted by Crippen LogP contribution is -2.47. The second kappa shape index (κ2) is 10.2. The molecule has 0 radical (unpaired) electrons. The quantitative estimate of drug-likeness (QED) is 0.439. The summed E-state index contributed by atoms with van der Waals surface area (Å²) in [6.45, 7) is 4.66. The third-order valence-corrected chi connectivity index (χ3v) is 9.17. The summed E-state index contributed by atoms with van der Waals surface area (Å²) in [5, 5.41) is 3.31. The van der Waals surface area contributed by atoms with Crippen molar-refractivity contribution in [1.29, 1.82) is 0 Å². The fourth-order valence-electron chi connectivity index (χ4n) is 4.67. The smallest absolute Gasteiger partial charge is 0.256 e. The minimum Gasteiger partial charge on any atom is -0.358 e. The highest BCUT2D eigenvalue weighted by Gasteiger charge is 2.29. The molecule has 0 spiro atoms. The number of amides is 2. The summed E-state index contributed by atoms with van der Waals surface area (Å²) in [5.74, 6) is -0.876. The molecule has 2 aliphatic rings. The summed E-state index contributed by atoms with van der Waals surface area (Å²) in [6, 6.07) is 11.1. The topological polar surface area (TPSA) is 103 Å². The molecular weight excluding hydrogens is 547 g/mol. The summed E-state index contributed by atoms with van der Waals surface area (Å²) in [7, 11) is -1.82. The number of aromatic amines is 1. The van der Waals surface area contributed by atoms with Gasteiger partial charge in [-0.3, -0.25) is 9.59 Å². The molecule has 3 heterocycles. The van der Waals surface area contributed by atoms with Gasteiger partial charge in [0.2, 0.25) is 0 Å². The van der Waals surface area contributed by atoms with Crippen LogP contribution in [0.4, 0.5) is 5.69 Å². The predicted octanol–water partition coefficient (Wildman–Crippen LogP) is 4.48. The Balaban J connectivity index is 1.50. The number of carbonyl (C=O) groups excluding carboxylic acids is 2. The van der Waals surface area contributed by atoms with Gasteiger partial charge in [-0.25, -0.2) is 8.42 Å². The van der Waals surface area contributed by atoms with Crippen molar-refractivity contribution in [3.63, 3.8) is 0 Å². The number of benzene rings is 2. The predicted molar refractivity (Wildman–Crippen MR) is 149 cm³/mol. The number of halogens is 2. The van der Waals surface area contributed by atoms with Crippen LogP contribution in [0.25, 0.3) is 11.6 Å². The van der Waals surface area contributed by atoms with Gasteiger partial charge >= 0.3 is 0 Å². The normalized spacial score (nSPS) is 17.1. The Labute approximate surface area is 231 Å². The Bertz CT molecular complexity index is 1570. The van der Waals surface area contributed by atoms with E-state index in [1.165, 1.54) is 12.1 Å². The first kappa shape index (κ1) is 26.5. The van der Waals surface area contributed by atoms with Crippen molar-refractivity contribution in [3.05, 3.63) is 80.6 Å². The van der Waals surface area contributed by atoms with Crippen LogP contribution in [-0.4, -0.2) is 68.2 Å². The van der Waals surface area contributed by atoms with E-state index in [9.17, 15) is 18.0 Å². The molecule has 5 rings (SSSR count). The number of H-pyrrole nitrogens is 1. The number of aromatic nitrogens is 1. The van der Waals surface area contributed by atoms with Crippen molar-refractivity contribution in [1.82, 2.24) is 14.8 Å². The largest absolute Gasteiger partial charge is 0.358 e. The lowest BCUT2D eigenvalue weighted by molar-refractivity contribution is -0.110. The number of carbonyl (C=O) groups is 2. The number of piperazine rings is 1. The van der Waals surface area contributed by atoms with Crippen molar-refractivity contribution >= 4 is 62.2 Å². The fourth-order valence-corrected chi connectivity index (χ4v) is 6.79. The lowest BCUT2D eigenvalue weighted by atomic mass is 10.0. The summed E-state index contributed by atoms with van der Waals surface area (Å²) < 4.78 is 26.6. The van der Waals surface area contributed by atoms with Crippen LogP contribution in [0.2, 0.25) is 10.0 Å². The molecule has 1 saturated heterocycles. The number of likely N-dealkylation sites (N-methyl/N-ethyl adjacent to an activating group) is 1. The number of rotatable bonds is 5. The van der Waals surface area contributed by atoms with E-state index in [1.807, 2.05) is 14.0 Å². The molecule has 2 aromatic carbocycles. The number of fused-ring (bicyclic) bond motifs is 1. The molecule has 38 heavy (non-hydrogen) atoms. The number of hydrogen-bond acceptors (Lipinski definition) is 5. The summed E-state index contributed by atoms with van der Waals surface area (Å²) in [5.41, 5.74) is 3.26. The van der Waals surface area contributed by atoms with E-state index >= 15 is 0 Å². The van der Waals surface area contributed by atoms with Crippen LogP contribution in [0.3, 0.4) is 0 Å². The van der Waals surface area contributed by atoms with E-state index in [-0.39, 0.29) is 38.1 Å². The van der Waals surface area contributed by atoms with E-state index < -0.39 is 9.84 Å². The Morgan fingerprint density at radius 1 is 1.05 bits per heavy atom. The Kier molecular flexibility index (Phi) is 7.13. The molecule has 2 amide bonds. The average molecular weight is 574 g/mol. The van der Waals surface area contributed by atoms with Gasteiger partial charge < -0.3 is 20.1 Å². The molecule has 3 aromatic rings. The maximum Gasteiger partial charge on any atom is 0.256 e. The number of hydrogen-bond donors (Lipinski definition) is 2. The van der Waals surface area contributed by atoms with Crippen LogP contribution in [0.5, 0.6) is 0 Å². The lowest BCUT2D eigenvalue weighted by Gasteiger charge is -2.32. The summed E-state index contributed by atoms with van der Waals surface area (Å²) >= 11 is 12.4. The molecule has 11 heteroatoms. The summed E-state index contributed by atoms with van der Waals surface area (Å²) in [4.78, 5) is 33.4. The molecule has 0 bridgehead atoms. The standard InChI is InChI=1S/C27H26Cl2N4O4S/c1-16-12-20(27(35)33-10-8-32(2)9-11-33)25(30-16)14-19-18-13-17(6-7-24(18)31-26(19)34)38(36,37)15-21-22(28)4-3-5-23(21)29/h3-7,12-14,30H,8-11,15H2,1-2H3,(H,31,34). The molecule has 1 aromatic heterocycles. The fraction of sp³-hybridized carbons (Fsp3) is 0.259. The molecule has 2 N–H and O–H groups in total. The molecule has 2 aliphatic heterocycles. The molecular formula is C27H26Cl2N4O4S. The van der Waals surface area contributed by atoms with Gasteiger partial charge in [-0.15, -0.1) is 0 Å². The second-order valence-electron chi connectivity index (χ2n) is 9.55. The highest BCUT2D eigenvalue weighted by Crippen LogP contribution is 2.37. The van der Waals surface area contributed by atoms with Crippen molar-refractivity contribution in [2.75, 3.05) is 38.5 Å². The zero-order chi connectivity index (χ0) is 27.2. The van der Waals surface area contributed by atoms with Crippen molar-refractivity contribution in [2.45, 2.75) is 17.6 Å². The van der Waals surface area contributed by atoms with Crippen LogP contribution in [0.15, 0.2) is 47.4 Å². The van der Waals surface area contributed by atoms with Gasteiger partial charge in [0.05, 0.1) is 27.5 Å². The number of sulfone groups is 1. The minimum atomic E-state index is -3.84. The van der Waals surface area contributed by atoms with Gasteiger partial charge in [0.1, 0.15) is 0 Å². The SMILES string of the molecule is Cc1cc(C(=O)N2CCN(C)CC2)c(C=C2C(=O)Nc3ccc(S(=O)(=O)Cc4c(Cl)cccc4Cl)cc32)[nH]1. The molecule has 0 atom stereocenters. The van der Waals surface area contributed by atoms with Gasteiger partial charge in [-0.2, -0.15) is 0 Å². The van der Waals surface area contributed by atoms with E-state index in [0.717, 1.165) is 18.8 Å². The maximum absolute atomic E-state index is 13.3. The minimum absolute atomic E-state index is 0.0334. The molecule has 0 unspecified atom stereocenters. The van der Waals surface area contributed by atoms with Crippen LogP contribution in [0.1, 0.15) is 32.9 Å². The van der Waals surface area contributed by atoms with Crippen LogP contribution >= 0.6 is 23.2 Å². The molecule has 0 saturated carbocycles. The third-order valence-electron chi connectivity index (χ3n) is 6.82. The van der Waals surface area contributed by atoms with Gasteiger partial charge in [0.25, 0.3) is 11.8 Å². The van der Waals surface area contributed by atoms with Crippen molar-refractivity contribution < 1.29 is 18.0 Å². The number of anilines is 1. The van der Waals surface area contributed by atoms with Crippen molar-refractivity contribution in [3.8, 4) is 0 Å². The number of aryl methyl sites for hydroxylation is 1. The monoisotopic (exact) mass is 572 g/mol. The average Bonchev–Trinajstić information content (AvgIpc) is 3.40. The molecule has 198 valence electrons. The van der Waals surface area contributed by atoms with Gasteiger partial charge in [0.15, 0.2) is 9.84 Å². The number of nitrogens with one attached hydrogen (secondary N) is 2. The van der Waals surface area contributed by atoms with Crippen LogP contribution in [0, 0.1) is 6.92 Å². The molecule has 8 nitrogen and oxygen atoms in total. The van der Waals surface area contributed by atoms with E-state index in [1.54, 1.807) is 41.3 Å². The first-order valence-electron chi connectivity index (χ1n) is 12.0. The Morgan fingerprint density at radius 2 is 1.74 bits per heavy atom. The highest BCUT2D eigenvalue weighted by molar-refractivity contribution is 7.90. The molecule has 1 fully saturated rings. The van der Waals surface area contributed by atoms with Crippen LogP contribution < -0.4 is 5.32 Å². The first-order chi connectivity index (χ1) is 18.0. The Morgan fingerprint density at radius 3 is 2.42 bits per heavy atom. The van der Waals surface area contributed by atoms with Crippen LogP contribution in [-0.2, 0) is 20.4 Å². The van der Waals surface area contributed by atoms with E-state index in [2.05, 4.69) is 15.2 Å². The zero-order valence-corrected chi connectivity index (χ0v) is 23.2. The van der Waals surface area contributed by atoms with Gasteiger partial charge in [-0.1, -0.05) is 29.3 Å². The Hall–Kier alpha value is -3.11. The van der Waals surface area contributed by atoms with E-state index in [4.69, 9.17) is 23.2 Å². The summed E-state index contributed by atoms with van der Waals surface area (Å²) in [6.07, 6.45) is 1.61. The molecule has 0 aliphatic carbocycles. The first-order valence-corrected chi connectivity index (χ1v) is 14.4. The van der Waals surface area contributed by atoms with Gasteiger partial charge in [0, 0.05) is 58.7 Å². The van der Waals surface area contributed by atoms with Crippen molar-refractivity contribution in [2.24, 2.45) is 0 Å². The van der Waals surface area contributed by atoms with Gasteiger partial charge in [-0.05, 0) is 56.4 Å².